The van der Waals surface area contributed by atoms with E-state index in [1.807, 2.05) is 19.4 Å². The monoisotopic (exact) mass is 234 g/mol. The topological polar surface area (TPSA) is 31.4 Å². The number of likely N-dealkylation sites (N-methyl/N-ethyl adjacent to an activating group) is 1. The van der Waals surface area contributed by atoms with Gasteiger partial charge in [0.25, 0.3) is 0 Å². The third kappa shape index (κ3) is 2.76. The van der Waals surface area contributed by atoms with Crippen molar-refractivity contribution in [2.45, 2.75) is 19.5 Å². The highest BCUT2D eigenvalue weighted by Crippen LogP contribution is 2.23. The Morgan fingerprint density at radius 2 is 2.29 bits per heavy atom. The first kappa shape index (κ1) is 12.3. The molecule has 0 aromatic carbocycles. The van der Waals surface area contributed by atoms with Crippen molar-refractivity contribution in [3.05, 3.63) is 24.0 Å². The second kappa shape index (κ2) is 5.47. The maximum atomic E-state index is 4.22. The molecule has 94 valence electrons. The molecular formula is C13H22N4. The van der Waals surface area contributed by atoms with Crippen LogP contribution in [0.1, 0.15) is 12.5 Å². The predicted molar refractivity (Wildman–Crippen MR) is 71.3 cm³/mol. The molecule has 4 heteroatoms. The van der Waals surface area contributed by atoms with E-state index in [0.717, 1.165) is 26.2 Å². The van der Waals surface area contributed by atoms with Gasteiger partial charge in [-0.05, 0) is 27.1 Å². The number of pyridine rings is 1. The first-order chi connectivity index (χ1) is 8.22. The zero-order chi connectivity index (χ0) is 12.3. The number of aromatic nitrogens is 1. The minimum absolute atomic E-state index is 0.562. The van der Waals surface area contributed by atoms with Crippen molar-refractivity contribution in [1.82, 2.24) is 15.2 Å². The van der Waals surface area contributed by atoms with Gasteiger partial charge in [0.05, 0.1) is 0 Å². The molecule has 4 nitrogen and oxygen atoms in total. The molecule has 0 radical (unpaired) electrons. The summed E-state index contributed by atoms with van der Waals surface area (Å²) in [5, 5.41) is 3.21. The largest absolute Gasteiger partial charge is 0.366 e. The van der Waals surface area contributed by atoms with Gasteiger partial charge < -0.3 is 15.1 Å². The van der Waals surface area contributed by atoms with E-state index in [1.165, 1.54) is 11.3 Å². The summed E-state index contributed by atoms with van der Waals surface area (Å²) >= 11 is 0. The third-order valence-corrected chi connectivity index (χ3v) is 3.39. The lowest BCUT2D eigenvalue weighted by molar-refractivity contribution is 0.275. The minimum Gasteiger partial charge on any atom is -0.366 e. The van der Waals surface area contributed by atoms with Crippen LogP contribution in [0.25, 0.3) is 0 Å². The van der Waals surface area contributed by atoms with E-state index in [9.17, 15) is 0 Å². The van der Waals surface area contributed by atoms with Crippen molar-refractivity contribution in [3.63, 3.8) is 0 Å². The second-order valence-electron chi connectivity index (χ2n) is 4.84. The van der Waals surface area contributed by atoms with Gasteiger partial charge in [0.1, 0.15) is 0 Å². The van der Waals surface area contributed by atoms with Crippen molar-refractivity contribution < 1.29 is 0 Å². The summed E-state index contributed by atoms with van der Waals surface area (Å²) in [7, 11) is 4.17. The van der Waals surface area contributed by atoms with Gasteiger partial charge in [-0.15, -0.1) is 0 Å². The number of anilines is 1. The standard InChI is InChI=1S/C13H22N4/c1-11-10-16(3)6-7-17(11)13-4-5-15-9-12(13)8-14-2/h4-5,9,11,14H,6-8,10H2,1-3H3. The van der Waals surface area contributed by atoms with Gasteiger partial charge in [-0.25, -0.2) is 0 Å². The third-order valence-electron chi connectivity index (χ3n) is 3.39. The first-order valence-electron chi connectivity index (χ1n) is 6.25. The van der Waals surface area contributed by atoms with Crippen molar-refractivity contribution in [1.29, 1.82) is 0 Å². The quantitative estimate of drug-likeness (QED) is 0.843. The van der Waals surface area contributed by atoms with E-state index in [0.29, 0.717) is 6.04 Å². The molecule has 1 unspecified atom stereocenters. The molecule has 2 heterocycles. The van der Waals surface area contributed by atoms with Crippen LogP contribution in [-0.2, 0) is 6.54 Å². The van der Waals surface area contributed by atoms with Crippen molar-refractivity contribution in [3.8, 4) is 0 Å². The van der Waals surface area contributed by atoms with Crippen LogP contribution in [0, 0.1) is 0 Å². The zero-order valence-corrected chi connectivity index (χ0v) is 11.0. The lowest BCUT2D eigenvalue weighted by Gasteiger charge is -2.40. The summed E-state index contributed by atoms with van der Waals surface area (Å²) in [6.07, 6.45) is 3.86. The SMILES string of the molecule is CNCc1cnccc1N1CCN(C)CC1C. The fourth-order valence-electron chi connectivity index (χ4n) is 2.52. The average molecular weight is 234 g/mol. The Bertz CT molecular complexity index is 366. The molecule has 0 bridgehead atoms. The molecule has 0 aliphatic carbocycles. The molecule has 2 rings (SSSR count). The van der Waals surface area contributed by atoms with Crippen LogP contribution in [-0.4, -0.2) is 49.7 Å². The molecule has 1 N–H and O–H groups in total. The highest BCUT2D eigenvalue weighted by atomic mass is 15.3. The van der Waals surface area contributed by atoms with E-state index >= 15 is 0 Å². The zero-order valence-electron chi connectivity index (χ0n) is 11.0. The molecule has 1 fully saturated rings. The summed E-state index contributed by atoms with van der Waals surface area (Å²) in [5.74, 6) is 0. The Hall–Kier alpha value is -1.13. The number of nitrogens with zero attached hydrogens (tertiary/aromatic N) is 3. The lowest BCUT2D eigenvalue weighted by Crippen LogP contribution is -2.50. The van der Waals surface area contributed by atoms with Crippen molar-refractivity contribution >= 4 is 5.69 Å². The lowest BCUT2D eigenvalue weighted by atomic mass is 10.1. The maximum absolute atomic E-state index is 4.22. The highest BCUT2D eigenvalue weighted by Gasteiger charge is 2.23. The summed E-state index contributed by atoms with van der Waals surface area (Å²) in [6, 6.07) is 2.70. The smallest absolute Gasteiger partial charge is 0.0446 e. The number of hydrogen-bond donors (Lipinski definition) is 1. The van der Waals surface area contributed by atoms with E-state index in [-0.39, 0.29) is 0 Å². The van der Waals surface area contributed by atoms with E-state index < -0.39 is 0 Å². The summed E-state index contributed by atoms with van der Waals surface area (Å²) in [5.41, 5.74) is 2.61. The fourth-order valence-corrected chi connectivity index (χ4v) is 2.52. The van der Waals surface area contributed by atoms with Crippen molar-refractivity contribution in [2.24, 2.45) is 0 Å². The molecule has 1 aliphatic heterocycles. The molecule has 0 spiro atoms. The van der Waals surface area contributed by atoms with Crippen LogP contribution >= 0.6 is 0 Å². The Labute approximate surface area is 104 Å². The number of rotatable bonds is 3. The molecule has 0 amide bonds. The van der Waals surface area contributed by atoms with Gasteiger partial charge in [0.15, 0.2) is 0 Å². The molecule has 1 aromatic rings. The minimum atomic E-state index is 0.562. The molecule has 1 saturated heterocycles. The Kier molecular flexibility index (Phi) is 3.97. The maximum Gasteiger partial charge on any atom is 0.0446 e. The molecule has 1 atom stereocenters. The van der Waals surface area contributed by atoms with Gasteiger partial charge in [-0.1, -0.05) is 0 Å². The Morgan fingerprint density at radius 3 is 3.00 bits per heavy atom. The van der Waals surface area contributed by atoms with Crippen LogP contribution in [0.15, 0.2) is 18.5 Å². The number of hydrogen-bond acceptors (Lipinski definition) is 4. The van der Waals surface area contributed by atoms with Gasteiger partial charge >= 0.3 is 0 Å². The van der Waals surface area contributed by atoms with Gasteiger partial charge in [-0.3, -0.25) is 4.98 Å². The fraction of sp³-hybridized carbons (Fsp3) is 0.615. The van der Waals surface area contributed by atoms with Crippen LogP contribution < -0.4 is 10.2 Å². The van der Waals surface area contributed by atoms with E-state index in [2.05, 4.69) is 40.1 Å². The van der Waals surface area contributed by atoms with Crippen molar-refractivity contribution in [2.75, 3.05) is 38.6 Å². The summed E-state index contributed by atoms with van der Waals surface area (Å²) in [4.78, 5) is 9.11. The molecule has 0 saturated carbocycles. The first-order valence-corrected chi connectivity index (χ1v) is 6.25. The highest BCUT2D eigenvalue weighted by molar-refractivity contribution is 5.53. The van der Waals surface area contributed by atoms with Crippen LogP contribution in [0.2, 0.25) is 0 Å². The Morgan fingerprint density at radius 1 is 1.47 bits per heavy atom. The average Bonchev–Trinajstić information content (AvgIpc) is 2.31. The van der Waals surface area contributed by atoms with Gasteiger partial charge in [0, 0.05) is 55.9 Å². The normalized spacial score (nSPS) is 21.8. The van der Waals surface area contributed by atoms with E-state index in [4.69, 9.17) is 0 Å². The summed E-state index contributed by atoms with van der Waals surface area (Å²) in [6.45, 7) is 6.52. The molecule has 17 heavy (non-hydrogen) atoms. The van der Waals surface area contributed by atoms with Crippen LogP contribution in [0.4, 0.5) is 5.69 Å². The summed E-state index contributed by atoms with van der Waals surface area (Å²) < 4.78 is 0. The van der Waals surface area contributed by atoms with Gasteiger partial charge in [-0.2, -0.15) is 0 Å². The molecular weight excluding hydrogens is 212 g/mol. The second-order valence-corrected chi connectivity index (χ2v) is 4.84. The predicted octanol–water partition coefficient (Wildman–Crippen LogP) is 0.941. The van der Waals surface area contributed by atoms with Crippen LogP contribution in [0.5, 0.6) is 0 Å². The number of piperazine rings is 1. The van der Waals surface area contributed by atoms with Crippen LogP contribution in [0.3, 0.4) is 0 Å². The van der Waals surface area contributed by atoms with E-state index in [1.54, 1.807) is 0 Å². The van der Waals surface area contributed by atoms with Gasteiger partial charge in [0.2, 0.25) is 0 Å². The number of nitrogens with one attached hydrogen (secondary N) is 1. The Balaban J connectivity index is 2.21. The molecule has 1 aliphatic rings. The molecule has 1 aromatic heterocycles.